The topological polar surface area (TPSA) is 35.5 Å². The molecule has 1 aromatic rings. The Hall–Kier alpha value is -1.79. The quantitative estimate of drug-likeness (QED) is 0.469. The maximum Gasteiger partial charge on any atom is 0.384 e. The zero-order valence-corrected chi connectivity index (χ0v) is 8.37. The molecule has 76 valence electrons. The molecule has 0 atom stereocenters. The van der Waals surface area contributed by atoms with Gasteiger partial charge in [0.15, 0.2) is 0 Å². The van der Waals surface area contributed by atoms with Crippen molar-refractivity contribution in [3.63, 3.8) is 0 Å². The normalized spacial score (nSPS) is 12.6. The largest absolute Gasteiger partial charge is 0.459 e. The number of hydrogen-bond acceptors (Lipinski definition) is 3. The van der Waals surface area contributed by atoms with Crippen LogP contribution in [0.1, 0.15) is 16.7 Å². The molecule has 2 rings (SSSR count). The van der Waals surface area contributed by atoms with Gasteiger partial charge in [-0.1, -0.05) is 12.0 Å². The lowest BCUT2D eigenvalue weighted by Crippen LogP contribution is -1.94. The fourth-order valence-electron chi connectivity index (χ4n) is 1.42. The number of rotatable bonds is 0. The van der Waals surface area contributed by atoms with E-state index in [0.29, 0.717) is 13.2 Å². The SMILES string of the molecule is COC(=O)C#Cc1ccc2c(c1)COC2. The molecule has 0 radical (unpaired) electrons. The number of methoxy groups -OCH3 is 1. The standard InChI is InChI=1S/C12H10O3/c1-14-12(13)5-3-9-2-4-10-7-15-8-11(10)6-9/h2,4,6H,7-8H2,1H3. The highest BCUT2D eigenvalue weighted by Crippen LogP contribution is 2.20. The van der Waals surface area contributed by atoms with Crippen molar-refractivity contribution >= 4 is 5.97 Å². The first kappa shape index (κ1) is 9.75. The Labute approximate surface area is 88.0 Å². The van der Waals surface area contributed by atoms with Crippen molar-refractivity contribution < 1.29 is 14.3 Å². The molecular formula is C12H10O3. The fraction of sp³-hybridized carbons (Fsp3) is 0.250. The summed E-state index contributed by atoms with van der Waals surface area (Å²) >= 11 is 0. The summed E-state index contributed by atoms with van der Waals surface area (Å²) in [5, 5.41) is 0. The third kappa shape index (κ3) is 2.17. The number of carbonyl (C=O) groups is 1. The lowest BCUT2D eigenvalue weighted by atomic mass is 10.1. The monoisotopic (exact) mass is 202 g/mol. The second-order valence-electron chi connectivity index (χ2n) is 3.22. The van der Waals surface area contributed by atoms with Gasteiger partial charge < -0.3 is 9.47 Å². The number of carbonyl (C=O) groups excluding carboxylic acids is 1. The van der Waals surface area contributed by atoms with E-state index in [4.69, 9.17) is 4.74 Å². The first-order chi connectivity index (χ1) is 7.29. The van der Waals surface area contributed by atoms with Crippen LogP contribution < -0.4 is 0 Å². The lowest BCUT2D eigenvalue weighted by Gasteiger charge is -1.96. The van der Waals surface area contributed by atoms with E-state index in [1.165, 1.54) is 12.7 Å². The minimum Gasteiger partial charge on any atom is -0.459 e. The second kappa shape index (κ2) is 4.16. The maximum absolute atomic E-state index is 10.8. The highest BCUT2D eigenvalue weighted by molar-refractivity contribution is 5.89. The smallest absolute Gasteiger partial charge is 0.384 e. The van der Waals surface area contributed by atoms with Gasteiger partial charge in [0.1, 0.15) is 0 Å². The van der Waals surface area contributed by atoms with Crippen molar-refractivity contribution in [2.45, 2.75) is 13.2 Å². The van der Waals surface area contributed by atoms with Crippen LogP contribution >= 0.6 is 0 Å². The summed E-state index contributed by atoms with van der Waals surface area (Å²) < 4.78 is 9.70. The molecule has 0 amide bonds. The molecular weight excluding hydrogens is 192 g/mol. The molecule has 0 N–H and O–H groups in total. The van der Waals surface area contributed by atoms with Gasteiger partial charge in [0, 0.05) is 11.5 Å². The number of hydrogen-bond donors (Lipinski definition) is 0. The summed E-state index contributed by atoms with van der Waals surface area (Å²) in [7, 11) is 1.31. The van der Waals surface area contributed by atoms with E-state index < -0.39 is 5.97 Å². The van der Waals surface area contributed by atoms with Gasteiger partial charge >= 0.3 is 5.97 Å². The molecule has 15 heavy (non-hydrogen) atoms. The van der Waals surface area contributed by atoms with Crippen LogP contribution in [0.25, 0.3) is 0 Å². The van der Waals surface area contributed by atoms with E-state index >= 15 is 0 Å². The molecule has 0 aromatic heterocycles. The van der Waals surface area contributed by atoms with E-state index in [0.717, 1.165) is 11.1 Å². The van der Waals surface area contributed by atoms with Crippen molar-refractivity contribution in [2.75, 3.05) is 7.11 Å². The summed E-state index contributed by atoms with van der Waals surface area (Å²) in [6.07, 6.45) is 0. The van der Waals surface area contributed by atoms with Gasteiger partial charge in [0.05, 0.1) is 20.3 Å². The first-order valence-corrected chi connectivity index (χ1v) is 4.59. The molecule has 0 saturated heterocycles. The molecule has 0 saturated carbocycles. The predicted octanol–water partition coefficient (Wildman–Crippen LogP) is 1.24. The van der Waals surface area contributed by atoms with Crippen LogP contribution in [-0.4, -0.2) is 13.1 Å². The minimum absolute atomic E-state index is 0.522. The van der Waals surface area contributed by atoms with Crippen LogP contribution in [0.3, 0.4) is 0 Å². The van der Waals surface area contributed by atoms with Gasteiger partial charge in [-0.05, 0) is 23.3 Å². The summed E-state index contributed by atoms with van der Waals surface area (Å²) in [4.78, 5) is 10.8. The number of esters is 1. The van der Waals surface area contributed by atoms with Crippen LogP contribution in [-0.2, 0) is 27.5 Å². The summed E-state index contributed by atoms with van der Waals surface area (Å²) in [6.45, 7) is 1.29. The number of ether oxygens (including phenoxy) is 2. The number of benzene rings is 1. The zero-order valence-electron chi connectivity index (χ0n) is 8.37. The summed E-state index contributed by atoms with van der Waals surface area (Å²) in [5.74, 6) is 4.61. The second-order valence-corrected chi connectivity index (χ2v) is 3.22. The Balaban J connectivity index is 2.22. The van der Waals surface area contributed by atoms with Gasteiger partial charge in [-0.2, -0.15) is 0 Å². The van der Waals surface area contributed by atoms with E-state index in [9.17, 15) is 4.79 Å². The van der Waals surface area contributed by atoms with Crippen molar-refractivity contribution in [1.82, 2.24) is 0 Å². The highest BCUT2D eigenvalue weighted by atomic mass is 16.5. The molecule has 3 nitrogen and oxygen atoms in total. The van der Waals surface area contributed by atoms with Crippen LogP contribution in [0.5, 0.6) is 0 Å². The fourth-order valence-corrected chi connectivity index (χ4v) is 1.42. The van der Waals surface area contributed by atoms with E-state index in [2.05, 4.69) is 16.6 Å². The number of fused-ring (bicyclic) bond motifs is 1. The molecule has 0 spiro atoms. The Bertz CT molecular complexity index is 452. The molecule has 3 heteroatoms. The van der Waals surface area contributed by atoms with Gasteiger partial charge in [-0.3, -0.25) is 0 Å². The molecule has 1 aliphatic heterocycles. The third-order valence-corrected chi connectivity index (χ3v) is 2.22. The summed E-state index contributed by atoms with van der Waals surface area (Å²) in [6, 6.07) is 5.80. The highest BCUT2D eigenvalue weighted by Gasteiger charge is 2.10. The average Bonchev–Trinajstić information content (AvgIpc) is 2.72. The van der Waals surface area contributed by atoms with Crippen molar-refractivity contribution in [3.05, 3.63) is 34.9 Å². The Morgan fingerprint density at radius 3 is 3.00 bits per heavy atom. The van der Waals surface area contributed by atoms with E-state index in [1.54, 1.807) is 0 Å². The van der Waals surface area contributed by atoms with Gasteiger partial charge in [0.25, 0.3) is 0 Å². The third-order valence-electron chi connectivity index (χ3n) is 2.22. The van der Waals surface area contributed by atoms with E-state index in [-0.39, 0.29) is 0 Å². The van der Waals surface area contributed by atoms with Crippen molar-refractivity contribution in [1.29, 1.82) is 0 Å². The van der Waals surface area contributed by atoms with E-state index in [1.807, 2.05) is 18.2 Å². The van der Waals surface area contributed by atoms with Crippen molar-refractivity contribution in [3.8, 4) is 11.8 Å². The zero-order chi connectivity index (χ0) is 10.7. The van der Waals surface area contributed by atoms with Crippen LogP contribution in [0.15, 0.2) is 18.2 Å². The van der Waals surface area contributed by atoms with Gasteiger partial charge in [-0.15, -0.1) is 0 Å². The van der Waals surface area contributed by atoms with Crippen LogP contribution in [0.4, 0.5) is 0 Å². The maximum atomic E-state index is 10.8. The molecule has 0 unspecified atom stereocenters. The van der Waals surface area contributed by atoms with Gasteiger partial charge in [-0.25, -0.2) is 4.79 Å². The predicted molar refractivity (Wildman–Crippen MR) is 53.8 cm³/mol. The molecule has 1 aromatic carbocycles. The average molecular weight is 202 g/mol. The van der Waals surface area contributed by atoms with Crippen LogP contribution in [0, 0.1) is 11.8 Å². The van der Waals surface area contributed by atoms with Gasteiger partial charge in [0.2, 0.25) is 0 Å². The first-order valence-electron chi connectivity index (χ1n) is 4.59. The van der Waals surface area contributed by atoms with Crippen molar-refractivity contribution in [2.24, 2.45) is 0 Å². The molecule has 1 aliphatic rings. The minimum atomic E-state index is -0.522. The Morgan fingerprint density at radius 2 is 2.20 bits per heavy atom. The molecule has 0 bridgehead atoms. The lowest BCUT2D eigenvalue weighted by molar-refractivity contribution is -0.133. The molecule has 1 heterocycles. The summed E-state index contributed by atoms with van der Waals surface area (Å²) in [5.41, 5.74) is 3.15. The Morgan fingerprint density at radius 1 is 1.40 bits per heavy atom. The molecule has 0 fully saturated rings. The molecule has 0 aliphatic carbocycles. The Kier molecular flexibility index (Phi) is 2.70. The van der Waals surface area contributed by atoms with Crippen LogP contribution in [0.2, 0.25) is 0 Å².